The predicted octanol–water partition coefficient (Wildman–Crippen LogP) is 1.97. The lowest BCUT2D eigenvalue weighted by molar-refractivity contribution is -0.119. The minimum Gasteiger partial charge on any atom is -0.272 e. The summed E-state index contributed by atoms with van der Waals surface area (Å²) >= 11 is 1.13. The molecule has 10 heteroatoms. The largest absolute Gasteiger partial charge is 0.272 e. The van der Waals surface area contributed by atoms with E-state index in [-0.39, 0.29) is 11.3 Å². The second kappa shape index (κ2) is 8.61. The Morgan fingerprint density at radius 2 is 1.86 bits per heavy atom. The Labute approximate surface area is 164 Å². The molecule has 8 nitrogen and oxygen atoms in total. The summed E-state index contributed by atoms with van der Waals surface area (Å²) < 4.78 is 14.4. The van der Waals surface area contributed by atoms with Crippen molar-refractivity contribution in [3.63, 3.8) is 0 Å². The van der Waals surface area contributed by atoms with Gasteiger partial charge in [-0.15, -0.1) is 5.10 Å². The summed E-state index contributed by atoms with van der Waals surface area (Å²) in [6.45, 7) is 3.95. The highest BCUT2D eigenvalue weighted by atomic mass is 32.2. The number of aryl methyl sites for hydroxylation is 2. The van der Waals surface area contributed by atoms with Crippen molar-refractivity contribution in [2.45, 2.75) is 19.0 Å². The molecule has 0 spiro atoms. The number of nitrogens with zero attached hydrogens (tertiary/aromatic N) is 4. The number of aromatic nitrogens is 4. The molecule has 28 heavy (non-hydrogen) atoms. The molecule has 3 aromatic rings. The van der Waals surface area contributed by atoms with Gasteiger partial charge in [0.15, 0.2) is 0 Å². The third-order valence-corrected chi connectivity index (χ3v) is 4.69. The monoisotopic (exact) mass is 400 g/mol. The predicted molar refractivity (Wildman–Crippen MR) is 101 cm³/mol. The van der Waals surface area contributed by atoms with Crippen molar-refractivity contribution in [3.8, 4) is 5.69 Å². The number of amides is 2. The number of nitrogens with one attached hydrogen (secondary N) is 2. The van der Waals surface area contributed by atoms with E-state index in [0.29, 0.717) is 5.16 Å². The van der Waals surface area contributed by atoms with E-state index in [1.54, 1.807) is 4.68 Å². The average Bonchev–Trinajstić information content (AvgIpc) is 3.13. The van der Waals surface area contributed by atoms with E-state index in [4.69, 9.17) is 0 Å². The first-order chi connectivity index (χ1) is 13.4. The van der Waals surface area contributed by atoms with Crippen LogP contribution in [-0.2, 0) is 4.79 Å². The normalized spacial score (nSPS) is 10.5. The number of hydrogen-bond acceptors (Lipinski definition) is 6. The molecule has 1 heterocycles. The Morgan fingerprint density at radius 1 is 1.11 bits per heavy atom. The number of hydrogen-bond donors (Lipinski definition) is 2. The van der Waals surface area contributed by atoms with Gasteiger partial charge in [0.1, 0.15) is 5.82 Å². The average molecular weight is 400 g/mol. The first kappa shape index (κ1) is 19.5. The highest BCUT2D eigenvalue weighted by Gasteiger charge is 2.14. The number of halogens is 1. The Morgan fingerprint density at radius 3 is 2.57 bits per heavy atom. The maximum absolute atomic E-state index is 12.9. The molecule has 0 aliphatic rings. The highest BCUT2D eigenvalue weighted by molar-refractivity contribution is 7.99. The Balaban J connectivity index is 1.56. The molecule has 3 rings (SSSR count). The minimum atomic E-state index is -0.543. The van der Waals surface area contributed by atoms with Gasteiger partial charge in [-0.3, -0.25) is 20.4 Å². The Kier molecular flexibility index (Phi) is 5.99. The van der Waals surface area contributed by atoms with Crippen LogP contribution in [0.1, 0.15) is 21.5 Å². The van der Waals surface area contributed by atoms with Gasteiger partial charge in [-0.05, 0) is 60.2 Å². The first-order valence-electron chi connectivity index (χ1n) is 8.27. The molecule has 1 aromatic heterocycles. The molecule has 2 amide bonds. The van der Waals surface area contributed by atoms with E-state index in [9.17, 15) is 14.0 Å². The third-order valence-electron chi connectivity index (χ3n) is 3.78. The van der Waals surface area contributed by atoms with Crippen LogP contribution in [0.5, 0.6) is 0 Å². The van der Waals surface area contributed by atoms with Crippen LogP contribution in [0.15, 0.2) is 47.6 Å². The van der Waals surface area contributed by atoms with Gasteiger partial charge in [-0.1, -0.05) is 29.5 Å². The van der Waals surface area contributed by atoms with Crippen molar-refractivity contribution in [1.82, 2.24) is 31.1 Å². The fourth-order valence-corrected chi connectivity index (χ4v) is 3.11. The van der Waals surface area contributed by atoms with Crippen LogP contribution >= 0.6 is 11.8 Å². The highest BCUT2D eigenvalue weighted by Crippen LogP contribution is 2.21. The second-order valence-corrected chi connectivity index (χ2v) is 6.90. The number of benzene rings is 2. The van der Waals surface area contributed by atoms with Gasteiger partial charge in [0.25, 0.3) is 5.91 Å². The van der Waals surface area contributed by atoms with Crippen LogP contribution in [-0.4, -0.2) is 37.8 Å². The van der Waals surface area contributed by atoms with E-state index >= 15 is 0 Å². The topological polar surface area (TPSA) is 102 Å². The summed E-state index contributed by atoms with van der Waals surface area (Å²) in [7, 11) is 0. The molecule has 0 fully saturated rings. The zero-order chi connectivity index (χ0) is 20.1. The van der Waals surface area contributed by atoms with E-state index < -0.39 is 17.6 Å². The van der Waals surface area contributed by atoms with Crippen molar-refractivity contribution in [2.24, 2.45) is 0 Å². The maximum Gasteiger partial charge on any atom is 0.269 e. The fraction of sp³-hybridized carbons (Fsp3) is 0.167. The standard InChI is InChI=1S/C18H17FN6O2S/c1-11-3-8-15(12(2)9-11)25-18(22-23-24-25)28-10-16(26)20-21-17(27)13-4-6-14(19)7-5-13/h3-9H,10H2,1-2H3,(H,20,26)(H,21,27). The lowest BCUT2D eigenvalue weighted by atomic mass is 10.1. The molecule has 0 bridgehead atoms. The summed E-state index contributed by atoms with van der Waals surface area (Å²) in [6, 6.07) is 10.9. The summed E-state index contributed by atoms with van der Waals surface area (Å²) in [5, 5.41) is 12.0. The van der Waals surface area contributed by atoms with Crippen molar-refractivity contribution >= 4 is 23.6 Å². The van der Waals surface area contributed by atoms with Crippen molar-refractivity contribution in [1.29, 1.82) is 0 Å². The lowest BCUT2D eigenvalue weighted by Crippen LogP contribution is -2.42. The third kappa shape index (κ3) is 4.71. The molecule has 0 saturated carbocycles. The number of thioether (sulfide) groups is 1. The minimum absolute atomic E-state index is 0.00498. The molecule has 2 aromatic carbocycles. The molecule has 144 valence electrons. The van der Waals surface area contributed by atoms with E-state index in [0.717, 1.165) is 28.6 Å². The molecule has 0 aliphatic heterocycles. The number of hydrazine groups is 1. The van der Waals surface area contributed by atoms with Crippen molar-refractivity contribution in [2.75, 3.05) is 5.75 Å². The summed E-state index contributed by atoms with van der Waals surface area (Å²) in [4.78, 5) is 23.9. The first-order valence-corrected chi connectivity index (χ1v) is 9.26. The van der Waals surface area contributed by atoms with Crippen LogP contribution < -0.4 is 10.9 Å². The van der Waals surface area contributed by atoms with Crippen molar-refractivity contribution < 1.29 is 14.0 Å². The van der Waals surface area contributed by atoms with Crippen LogP contribution in [0, 0.1) is 19.7 Å². The van der Waals surface area contributed by atoms with Crippen LogP contribution in [0.4, 0.5) is 4.39 Å². The van der Waals surface area contributed by atoms with Gasteiger partial charge >= 0.3 is 0 Å². The van der Waals surface area contributed by atoms with Gasteiger partial charge in [0.05, 0.1) is 11.4 Å². The molecular weight excluding hydrogens is 383 g/mol. The Hall–Kier alpha value is -3.27. The second-order valence-electron chi connectivity index (χ2n) is 5.96. The number of carbonyl (C=O) groups excluding carboxylic acids is 2. The zero-order valence-electron chi connectivity index (χ0n) is 15.1. The van der Waals surface area contributed by atoms with Crippen LogP contribution in [0.25, 0.3) is 5.69 Å². The van der Waals surface area contributed by atoms with Gasteiger partial charge in [0.2, 0.25) is 11.1 Å². The zero-order valence-corrected chi connectivity index (χ0v) is 16.0. The lowest BCUT2D eigenvalue weighted by Gasteiger charge is -2.09. The van der Waals surface area contributed by atoms with Crippen molar-refractivity contribution in [3.05, 3.63) is 65.0 Å². The SMILES string of the molecule is Cc1ccc(-n2nnnc2SCC(=O)NNC(=O)c2ccc(F)cc2)c(C)c1. The summed E-state index contributed by atoms with van der Waals surface area (Å²) in [5.41, 5.74) is 7.76. The molecule has 2 N–H and O–H groups in total. The number of rotatable bonds is 5. The van der Waals surface area contributed by atoms with Crippen LogP contribution in [0.2, 0.25) is 0 Å². The van der Waals surface area contributed by atoms with Gasteiger partial charge in [-0.2, -0.15) is 4.68 Å². The van der Waals surface area contributed by atoms with Crippen LogP contribution in [0.3, 0.4) is 0 Å². The molecule has 0 aliphatic carbocycles. The maximum atomic E-state index is 12.9. The molecule has 0 atom stereocenters. The van der Waals surface area contributed by atoms with Gasteiger partial charge in [-0.25, -0.2) is 4.39 Å². The number of carbonyl (C=O) groups is 2. The quantitative estimate of drug-likeness (QED) is 0.502. The fourth-order valence-electron chi connectivity index (χ4n) is 2.43. The number of tetrazole rings is 1. The molecule has 0 saturated heterocycles. The van der Waals surface area contributed by atoms with E-state index in [1.807, 2.05) is 32.0 Å². The Bertz CT molecular complexity index is 1010. The summed E-state index contributed by atoms with van der Waals surface area (Å²) in [6.07, 6.45) is 0. The smallest absolute Gasteiger partial charge is 0.269 e. The molecule has 0 radical (unpaired) electrons. The van der Waals surface area contributed by atoms with E-state index in [1.165, 1.54) is 24.3 Å². The molecule has 0 unspecified atom stereocenters. The summed E-state index contributed by atoms with van der Waals surface area (Å²) in [5.74, 6) is -1.43. The molecular formula is C18H17FN6O2S. The van der Waals surface area contributed by atoms with Gasteiger partial charge < -0.3 is 0 Å². The van der Waals surface area contributed by atoms with Gasteiger partial charge in [0, 0.05) is 5.56 Å². The van der Waals surface area contributed by atoms with E-state index in [2.05, 4.69) is 26.4 Å².